The lowest BCUT2D eigenvalue weighted by Crippen LogP contribution is -2.51. The molecule has 0 aliphatic carbocycles. The van der Waals surface area contributed by atoms with Crippen LogP contribution in [0.3, 0.4) is 0 Å². The van der Waals surface area contributed by atoms with Crippen LogP contribution >= 0.6 is 11.6 Å². The molecule has 2 amide bonds. The number of morpholine rings is 1. The topological polar surface area (TPSA) is 130 Å². The number of benzene rings is 2. The van der Waals surface area contributed by atoms with E-state index in [2.05, 4.69) is 4.98 Å². The number of halogens is 4. The lowest BCUT2D eigenvalue weighted by atomic mass is 9.89. The summed E-state index contributed by atoms with van der Waals surface area (Å²) in [5.41, 5.74) is -0.842. The number of fused-ring (bicyclic) bond motifs is 1. The van der Waals surface area contributed by atoms with E-state index in [1.807, 2.05) is 13.8 Å². The maximum absolute atomic E-state index is 13.8. The zero-order valence-electron chi connectivity index (χ0n) is 27.4. The van der Waals surface area contributed by atoms with Gasteiger partial charge in [-0.15, -0.1) is 0 Å². The molecule has 2 fully saturated rings. The molecule has 0 bridgehead atoms. The minimum absolute atomic E-state index is 0.0147. The molecule has 0 spiro atoms. The highest BCUT2D eigenvalue weighted by Gasteiger charge is 2.44. The normalized spacial score (nSPS) is 19.8. The molecule has 4 heterocycles. The van der Waals surface area contributed by atoms with Crippen molar-refractivity contribution in [1.29, 1.82) is 0 Å². The van der Waals surface area contributed by atoms with Crippen molar-refractivity contribution in [2.75, 3.05) is 26.2 Å². The summed E-state index contributed by atoms with van der Waals surface area (Å²) in [6.07, 6.45) is -4.96. The molecule has 4 aromatic rings. The number of likely N-dealkylation sites (tertiary alicyclic amines) is 1. The summed E-state index contributed by atoms with van der Waals surface area (Å²) in [5.74, 6) is -2.59. The van der Waals surface area contributed by atoms with Gasteiger partial charge in [0.25, 0.3) is 5.56 Å². The number of rotatable bonds is 7. The van der Waals surface area contributed by atoms with Crippen LogP contribution < -0.4 is 5.56 Å². The highest BCUT2D eigenvalue weighted by Crippen LogP contribution is 2.38. The van der Waals surface area contributed by atoms with E-state index in [0.717, 1.165) is 5.56 Å². The van der Waals surface area contributed by atoms with Crippen molar-refractivity contribution in [2.24, 2.45) is 0 Å². The van der Waals surface area contributed by atoms with Gasteiger partial charge in [0, 0.05) is 25.2 Å². The SMILES string of the molecule is CC1(C)CN(C(=O)O)[C@@H](c2ccc(-n3c(Cl)cc4c(=O)n(CC5(O)CCN(C(=O)C[C@H](c6ccccc6)C(F)(F)F)CC5)cnc43)cc2)CO1. The summed E-state index contributed by atoms with van der Waals surface area (Å²) in [7, 11) is 0. The Bertz CT molecular complexity index is 1940. The average Bonchev–Trinajstić information content (AvgIpc) is 3.41. The Hall–Kier alpha value is -4.40. The van der Waals surface area contributed by atoms with Crippen LogP contribution in [0.4, 0.5) is 18.0 Å². The third-order valence-corrected chi connectivity index (χ3v) is 9.85. The van der Waals surface area contributed by atoms with E-state index in [0.29, 0.717) is 5.69 Å². The van der Waals surface area contributed by atoms with Gasteiger partial charge < -0.3 is 19.8 Å². The van der Waals surface area contributed by atoms with Gasteiger partial charge in [0.1, 0.15) is 11.5 Å². The number of piperidine rings is 1. The lowest BCUT2D eigenvalue weighted by molar-refractivity contribution is -0.162. The Kier molecular flexibility index (Phi) is 9.48. The first kappa shape index (κ1) is 35.4. The van der Waals surface area contributed by atoms with Gasteiger partial charge in [-0.1, -0.05) is 54.1 Å². The number of nitrogens with zero attached hydrogens (tertiary/aromatic N) is 5. The van der Waals surface area contributed by atoms with E-state index >= 15 is 0 Å². The highest BCUT2D eigenvalue weighted by molar-refractivity contribution is 6.31. The quantitative estimate of drug-likeness (QED) is 0.249. The van der Waals surface area contributed by atoms with E-state index in [1.165, 1.54) is 51.0 Å². The fourth-order valence-electron chi connectivity index (χ4n) is 6.79. The molecule has 2 aromatic carbocycles. The summed E-state index contributed by atoms with van der Waals surface area (Å²) in [6, 6.07) is 15.4. The Morgan fingerprint density at radius 2 is 1.74 bits per heavy atom. The Labute approximate surface area is 290 Å². The molecule has 2 aliphatic heterocycles. The van der Waals surface area contributed by atoms with Crippen LogP contribution in [0.25, 0.3) is 16.7 Å². The maximum Gasteiger partial charge on any atom is 0.407 e. The van der Waals surface area contributed by atoms with Crippen molar-refractivity contribution in [3.8, 4) is 5.69 Å². The molecule has 11 nitrogen and oxygen atoms in total. The first-order valence-electron chi connectivity index (χ1n) is 16.2. The van der Waals surface area contributed by atoms with E-state index in [9.17, 15) is 37.8 Å². The predicted molar refractivity (Wildman–Crippen MR) is 178 cm³/mol. The molecule has 2 aromatic heterocycles. The van der Waals surface area contributed by atoms with Crippen LogP contribution in [0.5, 0.6) is 0 Å². The Morgan fingerprint density at radius 1 is 1.08 bits per heavy atom. The van der Waals surface area contributed by atoms with E-state index in [4.69, 9.17) is 16.3 Å². The van der Waals surface area contributed by atoms with Gasteiger partial charge in [0.15, 0.2) is 5.65 Å². The average molecular weight is 716 g/mol. The third-order valence-electron chi connectivity index (χ3n) is 9.57. The third kappa shape index (κ3) is 7.23. The zero-order chi connectivity index (χ0) is 36.0. The summed E-state index contributed by atoms with van der Waals surface area (Å²) < 4.78 is 50.2. The van der Waals surface area contributed by atoms with Crippen LogP contribution in [0, 0.1) is 0 Å². The van der Waals surface area contributed by atoms with E-state index < -0.39 is 53.3 Å². The van der Waals surface area contributed by atoms with Crippen LogP contribution in [0.1, 0.15) is 56.2 Å². The first-order valence-corrected chi connectivity index (χ1v) is 16.6. The molecule has 6 rings (SSSR count). The van der Waals surface area contributed by atoms with Crippen molar-refractivity contribution >= 4 is 34.6 Å². The minimum Gasteiger partial charge on any atom is -0.465 e. The largest absolute Gasteiger partial charge is 0.465 e. The molecule has 15 heteroatoms. The minimum atomic E-state index is -4.60. The summed E-state index contributed by atoms with van der Waals surface area (Å²) in [6.45, 7) is 4.01. The smallest absolute Gasteiger partial charge is 0.407 e. The van der Waals surface area contributed by atoms with Crippen LogP contribution in [0.2, 0.25) is 5.15 Å². The lowest BCUT2D eigenvalue weighted by Gasteiger charge is -2.42. The van der Waals surface area contributed by atoms with Crippen LogP contribution in [-0.4, -0.2) is 89.8 Å². The second-order valence-corrected chi connectivity index (χ2v) is 14.0. The number of carboxylic acid groups (broad SMARTS) is 1. The van der Waals surface area contributed by atoms with Gasteiger partial charge >= 0.3 is 12.3 Å². The fourth-order valence-corrected chi connectivity index (χ4v) is 7.07. The van der Waals surface area contributed by atoms with Gasteiger partial charge in [0.05, 0.1) is 48.2 Å². The van der Waals surface area contributed by atoms with E-state index in [1.54, 1.807) is 34.9 Å². The molecule has 266 valence electrons. The van der Waals surface area contributed by atoms with Crippen molar-refractivity contribution in [1.82, 2.24) is 23.9 Å². The predicted octanol–water partition coefficient (Wildman–Crippen LogP) is 5.76. The fraction of sp³-hybridized carbons (Fsp3) is 0.429. The standard InChI is InChI=1S/C35H37ClF3N5O6/c1-33(2)19-43(32(47)48)27(18-50-33)23-8-10-24(11-9-23)44-28(36)16-25-30(44)40-21-42(31(25)46)20-34(49)12-14-41(15-13-34)29(45)17-26(35(37,38)39)22-6-4-3-5-7-22/h3-11,16,21,26-27,49H,12-15,17-20H2,1-2H3,(H,47,48)/t26-,27-/m1/s1. The number of hydrogen-bond acceptors (Lipinski definition) is 6. The molecular formula is C35H37ClF3N5O6. The number of carbonyl (C=O) groups is 2. The molecule has 2 aliphatic rings. The molecule has 0 unspecified atom stereocenters. The maximum atomic E-state index is 13.8. The molecular weight excluding hydrogens is 679 g/mol. The van der Waals surface area contributed by atoms with E-state index in [-0.39, 0.29) is 67.4 Å². The van der Waals surface area contributed by atoms with Gasteiger partial charge in [-0.3, -0.25) is 23.6 Å². The second kappa shape index (κ2) is 13.4. The number of alkyl halides is 3. The molecule has 2 atom stereocenters. The molecule has 50 heavy (non-hydrogen) atoms. The monoisotopic (exact) mass is 715 g/mol. The number of amides is 2. The van der Waals surface area contributed by atoms with Crippen molar-refractivity contribution < 1.29 is 37.7 Å². The van der Waals surface area contributed by atoms with Crippen LogP contribution in [-0.2, 0) is 16.1 Å². The number of hydrogen-bond donors (Lipinski definition) is 2. The number of aromatic nitrogens is 3. The zero-order valence-corrected chi connectivity index (χ0v) is 28.2. The highest BCUT2D eigenvalue weighted by atomic mass is 35.5. The number of ether oxygens (including phenoxy) is 1. The second-order valence-electron chi connectivity index (χ2n) is 13.6. The van der Waals surface area contributed by atoms with Gasteiger partial charge in [-0.05, 0) is 56.0 Å². The Balaban J connectivity index is 1.15. The molecule has 0 radical (unpaired) electrons. The van der Waals surface area contributed by atoms with Crippen LogP contribution in [0.15, 0.2) is 71.8 Å². The molecule has 2 N–H and O–H groups in total. The molecule has 0 saturated carbocycles. The van der Waals surface area contributed by atoms with Crippen molar-refractivity contribution in [3.05, 3.63) is 93.6 Å². The van der Waals surface area contributed by atoms with Gasteiger partial charge in [-0.25, -0.2) is 9.78 Å². The number of aliphatic hydroxyl groups is 1. The summed E-state index contributed by atoms with van der Waals surface area (Å²) in [4.78, 5) is 45.6. The van der Waals surface area contributed by atoms with Crippen molar-refractivity contribution in [2.45, 2.75) is 69.0 Å². The molecule has 2 saturated heterocycles. The van der Waals surface area contributed by atoms with Crippen molar-refractivity contribution in [3.63, 3.8) is 0 Å². The summed E-state index contributed by atoms with van der Waals surface area (Å²) in [5, 5.41) is 21.6. The Morgan fingerprint density at radius 3 is 2.36 bits per heavy atom. The van der Waals surface area contributed by atoms with Gasteiger partial charge in [-0.2, -0.15) is 13.2 Å². The number of carbonyl (C=O) groups excluding carboxylic acids is 1. The van der Waals surface area contributed by atoms with Gasteiger partial charge in [0.2, 0.25) is 5.91 Å². The summed E-state index contributed by atoms with van der Waals surface area (Å²) >= 11 is 6.59. The first-order chi connectivity index (χ1) is 23.6.